The molecule has 1 atom stereocenters. The summed E-state index contributed by atoms with van der Waals surface area (Å²) in [5.41, 5.74) is -0.135. The predicted molar refractivity (Wildman–Crippen MR) is 57.8 cm³/mol. The maximum atomic E-state index is 12.9. The number of amides is 3. The van der Waals surface area contributed by atoms with E-state index in [0.717, 1.165) is 11.0 Å². The molecule has 0 radical (unpaired) electrons. The Morgan fingerprint density at radius 3 is 2.89 bits per heavy atom. The monoisotopic (exact) mass is 251 g/mol. The molecule has 2 rings (SSSR count). The van der Waals surface area contributed by atoms with Crippen molar-refractivity contribution in [2.75, 3.05) is 6.54 Å². The van der Waals surface area contributed by atoms with E-state index in [1.165, 1.54) is 19.1 Å². The van der Waals surface area contributed by atoms with Crippen molar-refractivity contribution >= 4 is 17.7 Å². The van der Waals surface area contributed by atoms with E-state index < -0.39 is 29.7 Å². The second-order valence-corrected chi connectivity index (χ2v) is 3.87. The molecule has 18 heavy (non-hydrogen) atoms. The third-order valence-electron chi connectivity index (χ3n) is 2.62. The molecule has 2 heterocycles. The van der Waals surface area contributed by atoms with Gasteiger partial charge in [-0.2, -0.15) is 4.39 Å². The molecule has 6 nitrogen and oxygen atoms in total. The van der Waals surface area contributed by atoms with E-state index in [1.54, 1.807) is 0 Å². The van der Waals surface area contributed by atoms with Crippen LogP contribution in [0.15, 0.2) is 18.2 Å². The fourth-order valence-corrected chi connectivity index (χ4v) is 1.64. The summed E-state index contributed by atoms with van der Waals surface area (Å²) in [6, 6.07) is 2.98. The Morgan fingerprint density at radius 2 is 2.22 bits per heavy atom. The smallest absolute Gasteiger partial charge is 0.273 e. The first kappa shape index (κ1) is 12.2. The van der Waals surface area contributed by atoms with E-state index >= 15 is 0 Å². The van der Waals surface area contributed by atoms with Crippen molar-refractivity contribution in [3.63, 3.8) is 0 Å². The molecule has 1 aromatic heterocycles. The highest BCUT2D eigenvalue weighted by Gasteiger charge is 2.34. The topological polar surface area (TPSA) is 79.4 Å². The summed E-state index contributed by atoms with van der Waals surface area (Å²) in [5.74, 6) is -2.56. The molecule has 0 bridgehead atoms. The third-order valence-corrected chi connectivity index (χ3v) is 2.62. The summed E-state index contributed by atoms with van der Waals surface area (Å²) >= 11 is 0. The van der Waals surface area contributed by atoms with Gasteiger partial charge >= 0.3 is 0 Å². The number of pyridine rings is 1. The zero-order valence-corrected chi connectivity index (χ0v) is 9.51. The van der Waals surface area contributed by atoms with E-state index in [1.807, 2.05) is 0 Å². The standard InChI is InChI=1S/C11H10FN3O3/c1-6-10(17)14-9(16)5-15(6)11(18)7-3-2-4-8(12)13-7/h2-4,6H,5H2,1H3,(H,14,16,17). The highest BCUT2D eigenvalue weighted by Crippen LogP contribution is 2.10. The molecule has 1 aliphatic rings. The lowest BCUT2D eigenvalue weighted by molar-refractivity contribution is -0.138. The second kappa shape index (κ2) is 4.52. The van der Waals surface area contributed by atoms with Crippen molar-refractivity contribution in [3.8, 4) is 0 Å². The van der Waals surface area contributed by atoms with E-state index in [4.69, 9.17) is 0 Å². The molecule has 0 spiro atoms. The van der Waals surface area contributed by atoms with Gasteiger partial charge in [0.1, 0.15) is 18.3 Å². The molecule has 1 fully saturated rings. The number of hydrogen-bond donors (Lipinski definition) is 1. The molecule has 0 saturated carbocycles. The minimum absolute atomic E-state index is 0.135. The van der Waals surface area contributed by atoms with Crippen LogP contribution in [0.25, 0.3) is 0 Å². The minimum Gasteiger partial charge on any atom is -0.316 e. The average molecular weight is 251 g/mol. The van der Waals surface area contributed by atoms with Crippen LogP contribution >= 0.6 is 0 Å². The van der Waals surface area contributed by atoms with E-state index in [-0.39, 0.29) is 12.2 Å². The minimum atomic E-state index is -0.791. The lowest BCUT2D eigenvalue weighted by atomic mass is 10.2. The van der Waals surface area contributed by atoms with Gasteiger partial charge in [0.15, 0.2) is 0 Å². The Labute approximate surface area is 102 Å². The van der Waals surface area contributed by atoms with Crippen molar-refractivity contribution < 1.29 is 18.8 Å². The number of piperazine rings is 1. The van der Waals surface area contributed by atoms with Gasteiger partial charge in [0.05, 0.1) is 0 Å². The number of hydrogen-bond acceptors (Lipinski definition) is 4. The molecule has 0 aromatic carbocycles. The Morgan fingerprint density at radius 1 is 1.50 bits per heavy atom. The van der Waals surface area contributed by atoms with Gasteiger partial charge in [-0.1, -0.05) is 6.07 Å². The lowest BCUT2D eigenvalue weighted by Gasteiger charge is -2.31. The van der Waals surface area contributed by atoms with Crippen molar-refractivity contribution in [3.05, 3.63) is 29.8 Å². The molecule has 1 N–H and O–H groups in total. The van der Waals surface area contributed by atoms with Crippen LogP contribution < -0.4 is 5.32 Å². The molecular formula is C11H10FN3O3. The quantitative estimate of drug-likeness (QED) is 0.549. The number of rotatable bonds is 1. The van der Waals surface area contributed by atoms with Crippen LogP contribution in [-0.4, -0.2) is 40.2 Å². The normalized spacial score (nSPS) is 19.7. The molecule has 1 saturated heterocycles. The van der Waals surface area contributed by atoms with Gasteiger partial charge in [0, 0.05) is 0 Å². The van der Waals surface area contributed by atoms with Crippen LogP contribution in [0.2, 0.25) is 0 Å². The van der Waals surface area contributed by atoms with Crippen molar-refractivity contribution in [2.24, 2.45) is 0 Å². The van der Waals surface area contributed by atoms with Crippen LogP contribution in [0.1, 0.15) is 17.4 Å². The maximum Gasteiger partial charge on any atom is 0.273 e. The van der Waals surface area contributed by atoms with Crippen LogP contribution in [0.4, 0.5) is 4.39 Å². The van der Waals surface area contributed by atoms with Gasteiger partial charge in [0.2, 0.25) is 17.8 Å². The number of carbonyl (C=O) groups is 3. The lowest BCUT2D eigenvalue weighted by Crippen LogP contribution is -2.58. The summed E-state index contributed by atoms with van der Waals surface area (Å²) in [5, 5.41) is 2.11. The Kier molecular flexibility index (Phi) is 3.05. The van der Waals surface area contributed by atoms with Gasteiger partial charge in [-0.05, 0) is 19.1 Å². The predicted octanol–water partition coefficient (Wildman–Crippen LogP) is -0.292. The zero-order chi connectivity index (χ0) is 13.3. The van der Waals surface area contributed by atoms with Crippen molar-refractivity contribution in [1.29, 1.82) is 0 Å². The number of nitrogens with one attached hydrogen (secondary N) is 1. The number of aromatic nitrogens is 1. The van der Waals surface area contributed by atoms with Crippen LogP contribution in [0, 0.1) is 5.95 Å². The van der Waals surface area contributed by atoms with Gasteiger partial charge in [-0.15, -0.1) is 0 Å². The fraction of sp³-hybridized carbons (Fsp3) is 0.273. The highest BCUT2D eigenvalue weighted by atomic mass is 19.1. The first-order chi connectivity index (χ1) is 8.49. The first-order valence-corrected chi connectivity index (χ1v) is 5.26. The molecule has 94 valence electrons. The highest BCUT2D eigenvalue weighted by molar-refractivity contribution is 6.06. The Hall–Kier alpha value is -2.31. The number of halogens is 1. The van der Waals surface area contributed by atoms with Gasteiger partial charge < -0.3 is 4.90 Å². The zero-order valence-electron chi connectivity index (χ0n) is 9.51. The third kappa shape index (κ3) is 2.20. The maximum absolute atomic E-state index is 12.9. The first-order valence-electron chi connectivity index (χ1n) is 5.26. The molecule has 1 unspecified atom stereocenters. The SMILES string of the molecule is CC1C(=O)NC(=O)CN1C(=O)c1cccc(F)n1. The van der Waals surface area contributed by atoms with Gasteiger partial charge in [0.25, 0.3) is 5.91 Å². The van der Waals surface area contributed by atoms with Crippen molar-refractivity contribution in [1.82, 2.24) is 15.2 Å². The largest absolute Gasteiger partial charge is 0.316 e. The van der Waals surface area contributed by atoms with Crippen molar-refractivity contribution in [2.45, 2.75) is 13.0 Å². The summed E-state index contributed by atoms with van der Waals surface area (Å²) in [6.45, 7) is 1.24. The van der Waals surface area contributed by atoms with Gasteiger partial charge in [-0.25, -0.2) is 4.98 Å². The summed E-state index contributed by atoms with van der Waals surface area (Å²) in [6.07, 6.45) is 0. The Balaban J connectivity index is 2.27. The number of nitrogens with zero attached hydrogens (tertiary/aromatic N) is 2. The summed E-state index contributed by atoms with van der Waals surface area (Å²) in [4.78, 5) is 39.1. The fourth-order valence-electron chi connectivity index (χ4n) is 1.64. The molecule has 3 amide bonds. The second-order valence-electron chi connectivity index (χ2n) is 3.87. The molecule has 1 aliphatic heterocycles. The molecule has 1 aromatic rings. The number of carbonyl (C=O) groups excluding carboxylic acids is 3. The summed E-state index contributed by atoms with van der Waals surface area (Å²) < 4.78 is 12.9. The average Bonchev–Trinajstić information content (AvgIpc) is 2.33. The number of imide groups is 1. The van der Waals surface area contributed by atoms with Crippen LogP contribution in [0.5, 0.6) is 0 Å². The summed E-state index contributed by atoms with van der Waals surface area (Å²) in [7, 11) is 0. The Bertz CT molecular complexity index is 532. The molecule has 0 aliphatic carbocycles. The van der Waals surface area contributed by atoms with Gasteiger partial charge in [-0.3, -0.25) is 19.7 Å². The van der Waals surface area contributed by atoms with E-state index in [0.29, 0.717) is 0 Å². The van der Waals surface area contributed by atoms with Crippen LogP contribution in [0.3, 0.4) is 0 Å². The molecule has 7 heteroatoms. The van der Waals surface area contributed by atoms with E-state index in [9.17, 15) is 18.8 Å². The molecular weight excluding hydrogens is 241 g/mol. The van der Waals surface area contributed by atoms with E-state index in [2.05, 4.69) is 10.3 Å². The van der Waals surface area contributed by atoms with Crippen LogP contribution in [-0.2, 0) is 9.59 Å².